The van der Waals surface area contributed by atoms with E-state index in [9.17, 15) is 14.9 Å². The molecule has 1 heterocycles. The van der Waals surface area contributed by atoms with E-state index < -0.39 is 5.97 Å². The lowest BCUT2D eigenvalue weighted by atomic mass is 10.1. The first-order valence-corrected chi connectivity index (χ1v) is 8.90. The number of anilines is 2. The second-order valence-corrected chi connectivity index (χ2v) is 6.68. The molecule has 0 saturated heterocycles. The van der Waals surface area contributed by atoms with Crippen molar-refractivity contribution in [2.45, 2.75) is 6.92 Å². The average molecular weight is 409 g/mol. The molecule has 1 aromatic heterocycles. The molecule has 0 unspecified atom stereocenters. The summed E-state index contributed by atoms with van der Waals surface area (Å²) in [6.45, 7) is 1.86. The summed E-state index contributed by atoms with van der Waals surface area (Å²) in [7, 11) is 1.22. The average Bonchev–Trinajstić information content (AvgIpc) is 3.06. The molecular formula is C21H17ClN4O3. The Morgan fingerprint density at radius 1 is 1.24 bits per heavy atom. The number of amides is 1. The maximum absolute atomic E-state index is 12.7. The Balaban J connectivity index is 2.00. The molecule has 0 aliphatic rings. The second kappa shape index (κ2) is 8.09. The van der Waals surface area contributed by atoms with E-state index in [2.05, 4.69) is 5.32 Å². The van der Waals surface area contributed by atoms with Gasteiger partial charge >= 0.3 is 5.97 Å². The minimum absolute atomic E-state index is 0.0174. The molecular weight excluding hydrogens is 392 g/mol. The van der Waals surface area contributed by atoms with E-state index in [1.165, 1.54) is 17.9 Å². The minimum Gasteiger partial charge on any atom is -0.464 e. The van der Waals surface area contributed by atoms with Gasteiger partial charge in [0.1, 0.15) is 6.07 Å². The van der Waals surface area contributed by atoms with Gasteiger partial charge in [-0.1, -0.05) is 23.7 Å². The minimum atomic E-state index is -0.687. The Hall–Kier alpha value is -3.76. The summed E-state index contributed by atoms with van der Waals surface area (Å²) in [5.41, 5.74) is 8.39. The van der Waals surface area contributed by atoms with Crippen LogP contribution in [0.3, 0.4) is 0 Å². The Labute approximate surface area is 172 Å². The molecule has 146 valence electrons. The zero-order chi connectivity index (χ0) is 21.1. The molecule has 3 rings (SSSR count). The van der Waals surface area contributed by atoms with Crippen LogP contribution in [0.5, 0.6) is 0 Å². The van der Waals surface area contributed by atoms with Crippen LogP contribution in [-0.2, 0) is 4.74 Å². The van der Waals surface area contributed by atoms with Crippen molar-refractivity contribution in [3.8, 4) is 11.8 Å². The molecule has 0 radical (unpaired) electrons. The van der Waals surface area contributed by atoms with Crippen LogP contribution < -0.4 is 11.1 Å². The summed E-state index contributed by atoms with van der Waals surface area (Å²) in [4.78, 5) is 24.9. The van der Waals surface area contributed by atoms with Crippen molar-refractivity contribution >= 4 is 34.9 Å². The number of aromatic nitrogens is 1. The largest absolute Gasteiger partial charge is 0.464 e. The second-order valence-electron chi connectivity index (χ2n) is 6.24. The number of rotatable bonds is 4. The molecule has 8 heteroatoms. The standard InChI is InChI=1S/C21H17ClN4O3/c1-12-6-7-15(22)9-17(12)25-20(27)13-4-3-5-16(8-13)26-11-14(10-23)18(24)19(26)21(28)29-2/h3-9,11H,24H2,1-2H3,(H,25,27). The lowest BCUT2D eigenvalue weighted by Crippen LogP contribution is -2.14. The number of nitrogen functional groups attached to an aromatic ring is 1. The molecule has 7 nitrogen and oxygen atoms in total. The highest BCUT2D eigenvalue weighted by atomic mass is 35.5. The fourth-order valence-corrected chi connectivity index (χ4v) is 3.01. The number of ether oxygens (including phenoxy) is 1. The van der Waals surface area contributed by atoms with Crippen LogP contribution in [0.4, 0.5) is 11.4 Å². The van der Waals surface area contributed by atoms with E-state index in [-0.39, 0.29) is 22.9 Å². The van der Waals surface area contributed by atoms with Gasteiger partial charge < -0.3 is 20.4 Å². The van der Waals surface area contributed by atoms with E-state index in [1.807, 2.05) is 19.1 Å². The van der Waals surface area contributed by atoms with E-state index in [4.69, 9.17) is 22.1 Å². The Bertz CT molecular complexity index is 1160. The first-order valence-electron chi connectivity index (χ1n) is 8.53. The van der Waals surface area contributed by atoms with Gasteiger partial charge in [0.05, 0.1) is 18.4 Å². The highest BCUT2D eigenvalue weighted by molar-refractivity contribution is 6.31. The third-order valence-electron chi connectivity index (χ3n) is 4.38. The molecule has 0 saturated carbocycles. The first kappa shape index (κ1) is 20.0. The maximum Gasteiger partial charge on any atom is 0.357 e. The summed E-state index contributed by atoms with van der Waals surface area (Å²) in [5, 5.41) is 12.6. The van der Waals surface area contributed by atoms with Crippen LogP contribution in [0.1, 0.15) is 32.0 Å². The quantitative estimate of drug-likeness (QED) is 0.635. The molecule has 0 bridgehead atoms. The summed E-state index contributed by atoms with van der Waals surface area (Å²) in [6.07, 6.45) is 1.43. The van der Waals surface area contributed by atoms with Crippen LogP contribution in [0, 0.1) is 18.3 Å². The van der Waals surface area contributed by atoms with Gasteiger partial charge in [-0.2, -0.15) is 5.26 Å². The van der Waals surface area contributed by atoms with Crippen LogP contribution in [0.25, 0.3) is 5.69 Å². The lowest BCUT2D eigenvalue weighted by Gasteiger charge is -2.12. The van der Waals surface area contributed by atoms with Gasteiger partial charge in [-0.3, -0.25) is 4.79 Å². The van der Waals surface area contributed by atoms with Gasteiger partial charge in [0.2, 0.25) is 0 Å². The number of aryl methyl sites for hydroxylation is 1. The van der Waals surface area contributed by atoms with Gasteiger partial charge in [0.15, 0.2) is 5.69 Å². The van der Waals surface area contributed by atoms with Crippen molar-refractivity contribution < 1.29 is 14.3 Å². The molecule has 1 amide bonds. The molecule has 0 atom stereocenters. The number of benzene rings is 2. The first-order chi connectivity index (χ1) is 13.8. The highest BCUT2D eigenvalue weighted by Gasteiger charge is 2.22. The number of esters is 1. The van der Waals surface area contributed by atoms with Gasteiger partial charge in [0, 0.05) is 28.2 Å². The van der Waals surface area contributed by atoms with Crippen molar-refractivity contribution in [1.29, 1.82) is 5.26 Å². The molecule has 0 fully saturated rings. The third kappa shape index (κ3) is 3.93. The fourth-order valence-electron chi connectivity index (χ4n) is 2.84. The summed E-state index contributed by atoms with van der Waals surface area (Å²) in [5.74, 6) is -1.04. The number of carbonyl (C=O) groups is 2. The number of halogens is 1. The monoisotopic (exact) mass is 408 g/mol. The number of hydrogen-bond acceptors (Lipinski definition) is 5. The van der Waals surface area contributed by atoms with E-state index >= 15 is 0 Å². The summed E-state index contributed by atoms with van der Waals surface area (Å²) >= 11 is 6.01. The zero-order valence-electron chi connectivity index (χ0n) is 15.7. The van der Waals surface area contributed by atoms with Crippen molar-refractivity contribution in [3.63, 3.8) is 0 Å². The molecule has 29 heavy (non-hydrogen) atoms. The molecule has 0 spiro atoms. The number of nitrogens with one attached hydrogen (secondary N) is 1. The van der Waals surface area contributed by atoms with Gasteiger partial charge in [-0.05, 0) is 42.8 Å². The Kier molecular flexibility index (Phi) is 5.57. The van der Waals surface area contributed by atoms with Crippen molar-refractivity contribution in [2.24, 2.45) is 0 Å². The number of methoxy groups -OCH3 is 1. The molecule has 0 aliphatic heterocycles. The van der Waals surface area contributed by atoms with Crippen molar-refractivity contribution in [2.75, 3.05) is 18.2 Å². The van der Waals surface area contributed by atoms with E-state index in [0.29, 0.717) is 22.0 Å². The molecule has 3 N–H and O–H groups in total. The van der Waals surface area contributed by atoms with E-state index in [1.54, 1.807) is 36.4 Å². The van der Waals surface area contributed by atoms with Crippen LogP contribution in [0.15, 0.2) is 48.7 Å². The van der Waals surface area contributed by atoms with Gasteiger partial charge in [0.25, 0.3) is 5.91 Å². The Morgan fingerprint density at radius 2 is 2.00 bits per heavy atom. The van der Waals surface area contributed by atoms with Crippen LogP contribution in [0.2, 0.25) is 5.02 Å². The molecule has 3 aromatic rings. The Morgan fingerprint density at radius 3 is 2.69 bits per heavy atom. The zero-order valence-corrected chi connectivity index (χ0v) is 16.4. The maximum atomic E-state index is 12.7. The number of hydrogen-bond donors (Lipinski definition) is 2. The van der Waals surface area contributed by atoms with Crippen molar-refractivity contribution in [1.82, 2.24) is 4.57 Å². The number of nitriles is 1. The van der Waals surface area contributed by atoms with Gasteiger partial charge in [-0.25, -0.2) is 4.79 Å². The smallest absolute Gasteiger partial charge is 0.357 e. The summed E-state index contributed by atoms with van der Waals surface area (Å²) < 4.78 is 6.21. The molecule has 2 aromatic carbocycles. The topological polar surface area (TPSA) is 110 Å². The fraction of sp³-hybridized carbons (Fsp3) is 0.0952. The highest BCUT2D eigenvalue weighted by Crippen LogP contribution is 2.26. The van der Waals surface area contributed by atoms with Crippen LogP contribution in [-0.4, -0.2) is 23.6 Å². The SMILES string of the molecule is COC(=O)c1c(N)c(C#N)cn1-c1cccc(C(=O)Nc2cc(Cl)ccc2C)c1. The lowest BCUT2D eigenvalue weighted by molar-refractivity contribution is 0.0593. The normalized spacial score (nSPS) is 10.3. The number of nitrogens with two attached hydrogens (primary N) is 1. The van der Waals surface area contributed by atoms with Gasteiger partial charge in [-0.15, -0.1) is 0 Å². The molecule has 0 aliphatic carbocycles. The van der Waals surface area contributed by atoms with E-state index in [0.717, 1.165) is 5.56 Å². The van der Waals surface area contributed by atoms with Crippen molar-refractivity contribution in [3.05, 3.63) is 76.1 Å². The number of carbonyl (C=O) groups excluding carboxylic acids is 2. The predicted octanol–water partition coefficient (Wildman–Crippen LogP) is 3.93. The van der Waals surface area contributed by atoms with Crippen LogP contribution >= 0.6 is 11.6 Å². The third-order valence-corrected chi connectivity index (χ3v) is 4.61. The summed E-state index contributed by atoms with van der Waals surface area (Å²) in [6, 6.07) is 13.7. The predicted molar refractivity (Wildman–Crippen MR) is 110 cm³/mol. The number of nitrogens with zero attached hydrogens (tertiary/aromatic N) is 2.